The first kappa shape index (κ1) is 11.8. The summed E-state index contributed by atoms with van der Waals surface area (Å²) in [6, 6.07) is 10.4. The molecule has 0 aliphatic rings. The lowest BCUT2D eigenvalue weighted by Gasteiger charge is -2.13. The predicted octanol–water partition coefficient (Wildman–Crippen LogP) is 1.34. The van der Waals surface area contributed by atoms with E-state index < -0.39 is 0 Å². The molecule has 0 saturated carbocycles. The fourth-order valence-corrected chi connectivity index (χ4v) is 1.33. The van der Waals surface area contributed by atoms with Crippen LogP contribution in [0.2, 0.25) is 0 Å². The second kappa shape index (κ2) is 7.05. The zero-order valence-corrected chi connectivity index (χ0v) is 9.24. The molecule has 0 bridgehead atoms. The monoisotopic (exact) mass is 202 g/mol. The van der Waals surface area contributed by atoms with Crippen molar-refractivity contribution in [1.82, 2.24) is 10.2 Å². The van der Waals surface area contributed by atoms with Gasteiger partial charge < -0.3 is 5.32 Å². The van der Waals surface area contributed by atoms with Crippen molar-refractivity contribution in [3.8, 4) is 12.3 Å². The summed E-state index contributed by atoms with van der Waals surface area (Å²) in [5, 5.41) is 3.38. The van der Waals surface area contributed by atoms with Crippen LogP contribution in [-0.2, 0) is 6.54 Å². The molecule has 0 radical (unpaired) electrons. The summed E-state index contributed by atoms with van der Waals surface area (Å²) in [5.74, 6) is 2.62. The van der Waals surface area contributed by atoms with Gasteiger partial charge in [-0.05, 0) is 12.6 Å². The lowest BCUT2D eigenvalue weighted by atomic mass is 10.2. The van der Waals surface area contributed by atoms with Gasteiger partial charge in [-0.15, -0.1) is 6.42 Å². The second-order valence-electron chi connectivity index (χ2n) is 3.60. The molecule has 2 heteroatoms. The fraction of sp³-hybridized carbons (Fsp3) is 0.385. The van der Waals surface area contributed by atoms with Crippen LogP contribution >= 0.6 is 0 Å². The van der Waals surface area contributed by atoms with E-state index in [9.17, 15) is 0 Å². The van der Waals surface area contributed by atoms with E-state index in [2.05, 4.69) is 40.4 Å². The van der Waals surface area contributed by atoms with Crippen molar-refractivity contribution in [3.05, 3.63) is 35.9 Å². The van der Waals surface area contributed by atoms with E-state index in [1.807, 2.05) is 13.1 Å². The van der Waals surface area contributed by atoms with E-state index in [1.54, 1.807) is 0 Å². The van der Waals surface area contributed by atoms with Crippen LogP contribution in [-0.4, -0.2) is 31.6 Å². The molecule has 0 spiro atoms. The van der Waals surface area contributed by atoms with E-state index in [-0.39, 0.29) is 0 Å². The number of nitrogens with zero attached hydrogens (tertiary/aromatic N) is 1. The number of rotatable bonds is 6. The Morgan fingerprint density at radius 1 is 1.33 bits per heavy atom. The van der Waals surface area contributed by atoms with Gasteiger partial charge in [0.25, 0.3) is 0 Å². The van der Waals surface area contributed by atoms with Gasteiger partial charge in [-0.25, -0.2) is 0 Å². The molecule has 2 nitrogen and oxygen atoms in total. The maximum absolute atomic E-state index is 5.21. The van der Waals surface area contributed by atoms with Gasteiger partial charge in [0, 0.05) is 19.6 Å². The lowest BCUT2D eigenvalue weighted by Crippen LogP contribution is -2.29. The van der Waals surface area contributed by atoms with E-state index in [1.165, 1.54) is 5.56 Å². The molecule has 1 rings (SSSR count). The molecule has 0 saturated heterocycles. The topological polar surface area (TPSA) is 15.3 Å². The average Bonchev–Trinajstić information content (AvgIpc) is 2.26. The van der Waals surface area contributed by atoms with Gasteiger partial charge >= 0.3 is 0 Å². The zero-order chi connectivity index (χ0) is 10.9. The molecule has 80 valence electrons. The predicted molar refractivity (Wildman–Crippen MR) is 64.5 cm³/mol. The van der Waals surface area contributed by atoms with Gasteiger partial charge in [-0.2, -0.15) is 0 Å². The molecule has 0 aliphatic heterocycles. The fourth-order valence-electron chi connectivity index (χ4n) is 1.33. The molecule has 0 amide bonds. The molecule has 0 aromatic heterocycles. The van der Waals surface area contributed by atoms with Crippen molar-refractivity contribution in [3.63, 3.8) is 0 Å². The molecule has 1 aromatic carbocycles. The Balaban J connectivity index is 2.10. The van der Waals surface area contributed by atoms with Crippen LogP contribution in [0.3, 0.4) is 0 Å². The third-order valence-corrected chi connectivity index (χ3v) is 2.20. The lowest BCUT2D eigenvalue weighted by molar-refractivity contribution is 0.370. The van der Waals surface area contributed by atoms with Crippen LogP contribution in [0.25, 0.3) is 0 Å². The van der Waals surface area contributed by atoms with Crippen LogP contribution in [0, 0.1) is 12.3 Å². The average molecular weight is 202 g/mol. The van der Waals surface area contributed by atoms with Crippen molar-refractivity contribution in [2.75, 3.05) is 26.7 Å². The normalized spacial score (nSPS) is 10.2. The van der Waals surface area contributed by atoms with Gasteiger partial charge in [0.2, 0.25) is 0 Å². The largest absolute Gasteiger partial charge is 0.311 e. The summed E-state index contributed by atoms with van der Waals surface area (Å²) < 4.78 is 0. The number of hydrogen-bond acceptors (Lipinski definition) is 2. The number of nitrogens with one attached hydrogen (secondary N) is 1. The molecule has 1 aromatic rings. The second-order valence-corrected chi connectivity index (χ2v) is 3.60. The summed E-state index contributed by atoms with van der Waals surface area (Å²) in [7, 11) is 2.03. The molecular weight excluding hydrogens is 184 g/mol. The molecule has 15 heavy (non-hydrogen) atoms. The summed E-state index contributed by atoms with van der Waals surface area (Å²) in [4.78, 5) is 2.12. The first-order chi connectivity index (χ1) is 7.33. The maximum atomic E-state index is 5.21. The molecule has 0 atom stereocenters. The molecular formula is C13H18N2. The van der Waals surface area contributed by atoms with Gasteiger partial charge in [0.1, 0.15) is 0 Å². The van der Waals surface area contributed by atoms with Crippen LogP contribution in [0.15, 0.2) is 30.3 Å². The van der Waals surface area contributed by atoms with Crippen LogP contribution in [0.1, 0.15) is 5.56 Å². The highest BCUT2D eigenvalue weighted by molar-refractivity contribution is 5.14. The van der Waals surface area contributed by atoms with E-state index in [0.717, 1.165) is 19.6 Å². The first-order valence-electron chi connectivity index (χ1n) is 5.19. The Labute approximate surface area is 92.3 Å². The summed E-state index contributed by atoms with van der Waals surface area (Å²) in [5.41, 5.74) is 1.32. The number of benzene rings is 1. The third kappa shape index (κ3) is 5.21. The highest BCUT2D eigenvalue weighted by Gasteiger charge is 1.94. The minimum Gasteiger partial charge on any atom is -0.311 e. The number of hydrogen-bond donors (Lipinski definition) is 1. The van der Waals surface area contributed by atoms with Gasteiger partial charge in [-0.3, -0.25) is 4.90 Å². The Morgan fingerprint density at radius 3 is 2.73 bits per heavy atom. The number of terminal acetylenes is 1. The molecule has 1 N–H and O–H groups in total. The summed E-state index contributed by atoms with van der Waals surface area (Å²) >= 11 is 0. The Morgan fingerprint density at radius 2 is 2.07 bits per heavy atom. The third-order valence-electron chi connectivity index (χ3n) is 2.20. The quantitative estimate of drug-likeness (QED) is 0.553. The minimum absolute atomic E-state index is 0.715. The molecule has 0 fully saturated rings. The van der Waals surface area contributed by atoms with Crippen molar-refractivity contribution < 1.29 is 0 Å². The van der Waals surface area contributed by atoms with Crippen LogP contribution in [0.4, 0.5) is 0 Å². The summed E-state index contributed by atoms with van der Waals surface area (Å²) in [6.07, 6.45) is 5.21. The van der Waals surface area contributed by atoms with Crippen molar-refractivity contribution in [1.29, 1.82) is 0 Å². The van der Waals surface area contributed by atoms with Crippen LogP contribution in [0.5, 0.6) is 0 Å². The van der Waals surface area contributed by atoms with E-state index in [4.69, 9.17) is 6.42 Å². The highest BCUT2D eigenvalue weighted by atomic mass is 15.1. The Hall–Kier alpha value is -1.30. The van der Waals surface area contributed by atoms with Crippen molar-refractivity contribution in [2.24, 2.45) is 0 Å². The summed E-state index contributed by atoms with van der Waals surface area (Å²) in [6.45, 7) is 3.59. The van der Waals surface area contributed by atoms with Gasteiger partial charge in [-0.1, -0.05) is 36.3 Å². The SMILES string of the molecule is C#CCN(C)CCNCc1ccccc1. The number of likely N-dealkylation sites (N-methyl/N-ethyl adjacent to an activating group) is 1. The van der Waals surface area contributed by atoms with Gasteiger partial charge in [0.15, 0.2) is 0 Å². The maximum Gasteiger partial charge on any atom is 0.0596 e. The molecule has 0 aliphatic carbocycles. The van der Waals surface area contributed by atoms with E-state index >= 15 is 0 Å². The molecule has 0 unspecified atom stereocenters. The zero-order valence-electron chi connectivity index (χ0n) is 9.24. The smallest absolute Gasteiger partial charge is 0.0596 e. The minimum atomic E-state index is 0.715. The Kier molecular flexibility index (Phi) is 5.54. The van der Waals surface area contributed by atoms with E-state index in [0.29, 0.717) is 6.54 Å². The standard InChI is InChI=1S/C13H18N2/c1-3-10-15(2)11-9-14-12-13-7-5-4-6-8-13/h1,4-8,14H,9-12H2,2H3. The van der Waals surface area contributed by atoms with Gasteiger partial charge in [0.05, 0.1) is 6.54 Å². The van der Waals surface area contributed by atoms with Crippen molar-refractivity contribution in [2.45, 2.75) is 6.54 Å². The Bertz CT molecular complexity index is 300. The first-order valence-corrected chi connectivity index (χ1v) is 5.19. The molecule has 0 heterocycles. The van der Waals surface area contributed by atoms with Crippen LogP contribution < -0.4 is 5.32 Å². The van der Waals surface area contributed by atoms with Crippen molar-refractivity contribution >= 4 is 0 Å². The highest BCUT2D eigenvalue weighted by Crippen LogP contribution is 1.96.